The lowest BCUT2D eigenvalue weighted by atomic mass is 9.80. The number of carbonyl (C=O) groups excluding carboxylic acids is 2. The number of nitriles is 1. The Hall–Kier alpha value is -2.40. The maximum Gasteiger partial charge on any atom is 0.305 e. The molecule has 0 amide bonds. The molecule has 0 saturated carbocycles. The number of carbonyl (C=O) groups is 2. The van der Waals surface area contributed by atoms with E-state index in [1.807, 2.05) is 6.92 Å². The zero-order chi connectivity index (χ0) is 29.7. The van der Waals surface area contributed by atoms with E-state index in [2.05, 4.69) is 33.8 Å². The number of nitrogens with zero attached hydrogens (tertiary/aromatic N) is 1. The third-order valence-electron chi connectivity index (χ3n) is 7.54. The lowest BCUT2D eigenvalue weighted by molar-refractivity contribution is -0.144. The Morgan fingerprint density at radius 1 is 0.769 bits per heavy atom. The van der Waals surface area contributed by atoms with Crippen LogP contribution in [-0.4, -0.2) is 38.3 Å². The van der Waals surface area contributed by atoms with Crippen LogP contribution in [0, 0.1) is 29.1 Å². The monoisotopic (exact) mass is 563 g/mol. The van der Waals surface area contributed by atoms with Crippen molar-refractivity contribution in [3.05, 3.63) is 29.8 Å². The zero-order valence-corrected chi connectivity index (χ0v) is 25.9. The van der Waals surface area contributed by atoms with Crippen molar-refractivity contribution in [3.63, 3.8) is 0 Å². The molecule has 0 heterocycles. The van der Waals surface area contributed by atoms with Crippen molar-refractivity contribution in [2.75, 3.05) is 13.2 Å². The maximum atomic E-state index is 13.9. The largest absolute Gasteiger partial charge is 0.466 e. The van der Waals surface area contributed by atoms with Gasteiger partial charge in [0.2, 0.25) is 0 Å². The summed E-state index contributed by atoms with van der Waals surface area (Å²) in [4.78, 5) is 23.8. The van der Waals surface area contributed by atoms with Gasteiger partial charge in [-0.1, -0.05) is 58.2 Å². The number of rotatable bonds is 18. The molecule has 220 valence electrons. The molecule has 0 spiro atoms. The van der Waals surface area contributed by atoms with Crippen LogP contribution in [0.1, 0.15) is 111 Å². The van der Waals surface area contributed by atoms with Crippen LogP contribution in [0.25, 0.3) is 0 Å². The van der Waals surface area contributed by atoms with E-state index in [4.69, 9.17) is 9.47 Å². The van der Waals surface area contributed by atoms with Gasteiger partial charge in [0.25, 0.3) is 0 Å². The number of esters is 2. The fraction of sp³-hybridized carbons (Fsp3) is 0.710. The summed E-state index contributed by atoms with van der Waals surface area (Å²) >= 11 is 0. The summed E-state index contributed by atoms with van der Waals surface area (Å²) in [5.74, 6) is -0.464. The minimum absolute atomic E-state index is 0.165. The fourth-order valence-corrected chi connectivity index (χ4v) is 6.70. The van der Waals surface area contributed by atoms with Crippen molar-refractivity contribution < 1.29 is 27.5 Å². The fourth-order valence-electron chi connectivity index (χ4n) is 4.81. The standard InChI is InChI=1S/C31H49NO6S/c1-8-37-27(33)16-22-29(4,5)18-10-20-31(24-32,39(35,36)26-14-12-25(3)13-15-26)21-11-19-30(6,7)23-17-28(34)38-9-2/h12-15H,8-11,16-23H2,1-7H3. The summed E-state index contributed by atoms with van der Waals surface area (Å²) in [6, 6.07) is 8.92. The zero-order valence-electron chi connectivity index (χ0n) is 25.1. The SMILES string of the molecule is CCOC(=O)CCC(C)(C)CCCC(C#N)(CCCC(C)(C)CCC(=O)OCC)S(=O)(=O)c1ccc(C)cc1. The molecule has 0 fully saturated rings. The highest BCUT2D eigenvalue weighted by Crippen LogP contribution is 2.39. The average Bonchev–Trinajstić information content (AvgIpc) is 2.86. The molecule has 0 N–H and O–H groups in total. The first-order valence-electron chi connectivity index (χ1n) is 14.2. The maximum absolute atomic E-state index is 13.9. The van der Waals surface area contributed by atoms with Crippen molar-refractivity contribution >= 4 is 21.8 Å². The predicted octanol–water partition coefficient (Wildman–Crippen LogP) is 7.11. The van der Waals surface area contributed by atoms with Gasteiger partial charge in [-0.15, -0.1) is 0 Å². The molecule has 1 rings (SSSR count). The summed E-state index contributed by atoms with van der Waals surface area (Å²) < 4.78 is 36.4. The smallest absolute Gasteiger partial charge is 0.305 e. The van der Waals surface area contributed by atoms with Gasteiger partial charge in [0.1, 0.15) is 0 Å². The number of sulfone groups is 1. The van der Waals surface area contributed by atoms with E-state index in [1.165, 1.54) is 0 Å². The van der Waals surface area contributed by atoms with Crippen LogP contribution in [0.5, 0.6) is 0 Å². The van der Waals surface area contributed by atoms with E-state index >= 15 is 0 Å². The third kappa shape index (κ3) is 11.3. The average molecular weight is 564 g/mol. The number of ether oxygens (including phenoxy) is 2. The van der Waals surface area contributed by atoms with E-state index < -0.39 is 14.6 Å². The molecule has 7 nitrogen and oxygen atoms in total. The quantitative estimate of drug-likeness (QED) is 0.175. The van der Waals surface area contributed by atoms with Crippen molar-refractivity contribution in [1.82, 2.24) is 0 Å². The van der Waals surface area contributed by atoms with E-state index in [0.717, 1.165) is 5.56 Å². The van der Waals surface area contributed by atoms with Crippen LogP contribution < -0.4 is 0 Å². The van der Waals surface area contributed by atoms with Gasteiger partial charge in [-0.05, 0) is 82.3 Å². The van der Waals surface area contributed by atoms with Gasteiger partial charge in [0.15, 0.2) is 14.6 Å². The third-order valence-corrected chi connectivity index (χ3v) is 9.96. The summed E-state index contributed by atoms with van der Waals surface area (Å²) in [5, 5.41) is 10.4. The molecule has 0 aliphatic rings. The first kappa shape index (κ1) is 34.6. The second kappa shape index (κ2) is 15.4. The van der Waals surface area contributed by atoms with Gasteiger partial charge in [-0.25, -0.2) is 8.42 Å². The molecular formula is C31H49NO6S. The lowest BCUT2D eigenvalue weighted by Gasteiger charge is -2.31. The lowest BCUT2D eigenvalue weighted by Crippen LogP contribution is -2.38. The van der Waals surface area contributed by atoms with Crippen LogP contribution >= 0.6 is 0 Å². The second-order valence-electron chi connectivity index (χ2n) is 12.1. The number of hydrogen-bond acceptors (Lipinski definition) is 7. The molecule has 0 unspecified atom stereocenters. The van der Waals surface area contributed by atoms with E-state index in [-0.39, 0.29) is 40.5 Å². The molecule has 0 aliphatic carbocycles. The van der Waals surface area contributed by atoms with Gasteiger partial charge < -0.3 is 9.47 Å². The molecule has 1 aromatic carbocycles. The Kier molecular flexibility index (Phi) is 13.7. The Morgan fingerprint density at radius 2 is 1.18 bits per heavy atom. The van der Waals surface area contributed by atoms with Crippen molar-refractivity contribution in [2.24, 2.45) is 10.8 Å². The molecule has 0 atom stereocenters. The molecule has 0 saturated heterocycles. The highest BCUT2D eigenvalue weighted by molar-refractivity contribution is 7.93. The normalized spacial score (nSPS) is 12.6. The number of aryl methyl sites for hydroxylation is 1. The van der Waals surface area contributed by atoms with Crippen LogP contribution in [0.3, 0.4) is 0 Å². The van der Waals surface area contributed by atoms with E-state index in [0.29, 0.717) is 64.6 Å². The minimum Gasteiger partial charge on any atom is -0.466 e. The van der Waals surface area contributed by atoms with Gasteiger partial charge in [-0.2, -0.15) is 5.26 Å². The molecule has 0 radical (unpaired) electrons. The molecule has 8 heteroatoms. The van der Waals surface area contributed by atoms with E-state index in [9.17, 15) is 23.3 Å². The number of benzene rings is 1. The van der Waals surface area contributed by atoms with Crippen LogP contribution in [-0.2, 0) is 28.9 Å². The van der Waals surface area contributed by atoms with Gasteiger partial charge in [-0.3, -0.25) is 9.59 Å². The Bertz CT molecular complexity index is 1030. The molecule has 0 aliphatic heterocycles. The van der Waals surface area contributed by atoms with Gasteiger partial charge in [0, 0.05) is 12.8 Å². The number of hydrogen-bond donors (Lipinski definition) is 0. The molecule has 0 bridgehead atoms. The summed E-state index contributed by atoms with van der Waals surface area (Å²) in [7, 11) is -3.94. The Balaban J connectivity index is 3.06. The first-order valence-corrected chi connectivity index (χ1v) is 15.7. The first-order chi connectivity index (χ1) is 18.1. The van der Waals surface area contributed by atoms with Crippen molar-refractivity contribution in [3.8, 4) is 6.07 Å². The second-order valence-corrected chi connectivity index (χ2v) is 14.3. The molecule has 0 aromatic heterocycles. The predicted molar refractivity (Wildman–Crippen MR) is 154 cm³/mol. The summed E-state index contributed by atoms with van der Waals surface area (Å²) in [6.45, 7) is 14.4. The highest BCUT2D eigenvalue weighted by atomic mass is 32.2. The Labute approximate surface area is 236 Å². The Morgan fingerprint density at radius 3 is 1.54 bits per heavy atom. The molecule has 1 aromatic rings. The molecule has 39 heavy (non-hydrogen) atoms. The van der Waals surface area contributed by atoms with Crippen molar-refractivity contribution in [2.45, 2.75) is 122 Å². The van der Waals surface area contributed by atoms with Crippen LogP contribution in [0.2, 0.25) is 0 Å². The minimum atomic E-state index is -3.94. The summed E-state index contributed by atoms with van der Waals surface area (Å²) in [6.07, 6.45) is 4.77. The molecular weight excluding hydrogens is 514 g/mol. The highest BCUT2D eigenvalue weighted by Gasteiger charge is 2.45. The van der Waals surface area contributed by atoms with Crippen LogP contribution in [0.15, 0.2) is 29.2 Å². The van der Waals surface area contributed by atoms with E-state index in [1.54, 1.807) is 38.1 Å². The van der Waals surface area contributed by atoms with Gasteiger partial charge >= 0.3 is 11.9 Å². The van der Waals surface area contributed by atoms with Crippen LogP contribution in [0.4, 0.5) is 0 Å². The van der Waals surface area contributed by atoms with Crippen molar-refractivity contribution in [1.29, 1.82) is 5.26 Å². The van der Waals surface area contributed by atoms with Gasteiger partial charge in [0.05, 0.1) is 24.2 Å². The topological polar surface area (TPSA) is 111 Å². The summed E-state index contributed by atoms with van der Waals surface area (Å²) in [5.41, 5.74) is 0.552.